The summed E-state index contributed by atoms with van der Waals surface area (Å²) in [6, 6.07) is 10.7. The van der Waals surface area contributed by atoms with Gasteiger partial charge in [0.05, 0.1) is 12.7 Å². The first-order chi connectivity index (χ1) is 14.6. The number of thiophene rings is 1. The van der Waals surface area contributed by atoms with Crippen molar-refractivity contribution in [1.29, 1.82) is 0 Å². The second kappa shape index (κ2) is 9.39. The Morgan fingerprint density at radius 2 is 2.03 bits per heavy atom. The molecule has 0 aliphatic carbocycles. The van der Waals surface area contributed by atoms with Gasteiger partial charge in [-0.1, -0.05) is 50.5 Å². The first-order valence-corrected chi connectivity index (χ1v) is 11.5. The summed E-state index contributed by atoms with van der Waals surface area (Å²) in [6.07, 6.45) is 6.07. The number of hydrogen-bond donors (Lipinski definition) is 2. The number of aliphatic hydroxyl groups is 2. The van der Waals surface area contributed by atoms with Crippen LogP contribution >= 0.6 is 11.3 Å². The molecule has 0 saturated carbocycles. The van der Waals surface area contributed by atoms with Gasteiger partial charge in [0.25, 0.3) is 0 Å². The third-order valence-electron chi connectivity index (χ3n) is 5.69. The van der Waals surface area contributed by atoms with Gasteiger partial charge in [0, 0.05) is 22.9 Å². The Morgan fingerprint density at radius 1 is 1.23 bits per heavy atom. The summed E-state index contributed by atoms with van der Waals surface area (Å²) in [5, 5.41) is 20.1. The molecule has 3 heterocycles. The van der Waals surface area contributed by atoms with Crippen LogP contribution in [0.4, 0.5) is 0 Å². The number of aromatic nitrogens is 2. The predicted molar refractivity (Wildman–Crippen MR) is 119 cm³/mol. The maximum Gasteiger partial charge on any atom is 0.351 e. The maximum absolute atomic E-state index is 12.5. The van der Waals surface area contributed by atoms with Crippen molar-refractivity contribution in [1.82, 2.24) is 9.55 Å². The Morgan fingerprint density at radius 3 is 2.73 bits per heavy atom. The van der Waals surface area contributed by atoms with E-state index in [1.807, 2.05) is 6.07 Å². The average molecular weight is 429 g/mol. The quantitative estimate of drug-likeness (QED) is 0.532. The van der Waals surface area contributed by atoms with Crippen LogP contribution in [0.2, 0.25) is 0 Å². The Labute approximate surface area is 179 Å². The molecule has 1 fully saturated rings. The highest BCUT2D eigenvalue weighted by molar-refractivity contribution is 7.21. The van der Waals surface area contributed by atoms with Crippen LogP contribution in [0.5, 0.6) is 0 Å². The minimum absolute atomic E-state index is 0.259. The van der Waals surface area contributed by atoms with Crippen molar-refractivity contribution >= 4 is 21.6 Å². The van der Waals surface area contributed by atoms with E-state index in [0.717, 1.165) is 22.2 Å². The van der Waals surface area contributed by atoms with Gasteiger partial charge in [-0.3, -0.25) is 4.57 Å². The van der Waals surface area contributed by atoms with Crippen LogP contribution in [0.15, 0.2) is 41.3 Å². The number of nitrogens with zero attached hydrogens (tertiary/aromatic N) is 2. The van der Waals surface area contributed by atoms with E-state index < -0.39 is 24.1 Å². The lowest BCUT2D eigenvalue weighted by molar-refractivity contribution is -0.0457. The third-order valence-corrected chi connectivity index (χ3v) is 6.78. The van der Waals surface area contributed by atoms with Crippen molar-refractivity contribution in [2.24, 2.45) is 0 Å². The van der Waals surface area contributed by atoms with E-state index in [1.54, 1.807) is 6.20 Å². The molecular weight excluding hydrogens is 400 g/mol. The van der Waals surface area contributed by atoms with Gasteiger partial charge >= 0.3 is 5.69 Å². The Kier molecular flexibility index (Phi) is 6.63. The zero-order valence-corrected chi connectivity index (χ0v) is 18.0. The molecule has 2 aromatic heterocycles. The van der Waals surface area contributed by atoms with E-state index in [1.165, 1.54) is 47.2 Å². The molecule has 2 N–H and O–H groups in total. The average Bonchev–Trinajstić information content (AvgIpc) is 3.33. The predicted octanol–water partition coefficient (Wildman–Crippen LogP) is 3.89. The van der Waals surface area contributed by atoms with E-state index in [-0.39, 0.29) is 13.0 Å². The van der Waals surface area contributed by atoms with Gasteiger partial charge in [0.15, 0.2) is 0 Å². The molecule has 6 nitrogen and oxygen atoms in total. The van der Waals surface area contributed by atoms with Crippen molar-refractivity contribution in [2.75, 3.05) is 6.61 Å². The van der Waals surface area contributed by atoms with Crippen LogP contribution in [0.25, 0.3) is 20.7 Å². The first-order valence-electron chi connectivity index (χ1n) is 10.7. The zero-order valence-electron chi connectivity index (χ0n) is 17.2. The van der Waals surface area contributed by atoms with Gasteiger partial charge in [-0.2, -0.15) is 4.98 Å². The zero-order chi connectivity index (χ0) is 21.1. The molecule has 4 rings (SSSR count). The fourth-order valence-electron chi connectivity index (χ4n) is 3.92. The minimum atomic E-state index is -0.791. The van der Waals surface area contributed by atoms with Crippen molar-refractivity contribution in [3.05, 3.63) is 52.6 Å². The molecule has 3 atom stereocenters. The van der Waals surface area contributed by atoms with E-state index in [9.17, 15) is 15.0 Å². The second-order valence-electron chi connectivity index (χ2n) is 7.92. The van der Waals surface area contributed by atoms with Crippen LogP contribution < -0.4 is 5.69 Å². The van der Waals surface area contributed by atoms with E-state index in [2.05, 4.69) is 36.2 Å². The summed E-state index contributed by atoms with van der Waals surface area (Å²) < 4.78 is 7.03. The number of fused-ring (bicyclic) bond motifs is 1. The molecular formula is C23H28N2O4S. The fourth-order valence-corrected chi connectivity index (χ4v) is 4.92. The number of unbranched alkanes of at least 4 members (excludes halogenated alkanes) is 3. The SMILES string of the molecule is CCCCCCc1ccc(-c2cc3cn([C@H]4C[C@H](O)[C@@H](CO)O4)c(=O)nc3s2)cc1. The van der Waals surface area contributed by atoms with Crippen LogP contribution in [0, 0.1) is 0 Å². The van der Waals surface area contributed by atoms with Crippen LogP contribution in [0.1, 0.15) is 50.8 Å². The number of rotatable bonds is 8. The van der Waals surface area contributed by atoms with Gasteiger partial charge in [-0.25, -0.2) is 4.79 Å². The molecule has 0 bridgehead atoms. The first kappa shape index (κ1) is 21.2. The minimum Gasteiger partial charge on any atom is -0.394 e. The standard InChI is InChI=1S/C23H28N2O4S/c1-2-3-4-5-6-15-7-9-16(10-8-15)20-11-17-13-25(23(28)24-22(17)30-20)21-12-18(27)19(14-26)29-21/h7-11,13,18-19,21,26-27H,2-6,12,14H2,1H3/t18-,19+,21+/m0/s1. The smallest absolute Gasteiger partial charge is 0.351 e. The lowest BCUT2D eigenvalue weighted by atomic mass is 10.0. The molecule has 1 aliphatic heterocycles. The summed E-state index contributed by atoms with van der Waals surface area (Å²) in [5.41, 5.74) is 2.06. The topological polar surface area (TPSA) is 84.6 Å². The van der Waals surface area contributed by atoms with Crippen LogP contribution in [-0.4, -0.2) is 38.6 Å². The summed E-state index contributed by atoms with van der Waals surface area (Å²) >= 11 is 1.50. The molecule has 1 saturated heterocycles. The largest absolute Gasteiger partial charge is 0.394 e. The third kappa shape index (κ3) is 4.49. The summed E-state index contributed by atoms with van der Waals surface area (Å²) in [4.78, 5) is 18.5. The molecule has 0 unspecified atom stereocenters. The number of ether oxygens (including phenoxy) is 1. The molecule has 0 radical (unpaired) electrons. The van der Waals surface area contributed by atoms with Gasteiger partial charge in [0.1, 0.15) is 17.2 Å². The molecule has 1 aromatic carbocycles. The highest BCUT2D eigenvalue weighted by Crippen LogP contribution is 2.33. The fraction of sp³-hybridized carbons (Fsp3) is 0.478. The normalized spacial score (nSPS) is 21.5. The molecule has 160 valence electrons. The van der Waals surface area contributed by atoms with E-state index in [0.29, 0.717) is 4.83 Å². The maximum atomic E-state index is 12.5. The monoisotopic (exact) mass is 428 g/mol. The van der Waals surface area contributed by atoms with E-state index >= 15 is 0 Å². The lowest BCUT2D eigenvalue weighted by Gasteiger charge is -2.14. The summed E-state index contributed by atoms with van der Waals surface area (Å²) in [5.74, 6) is 0. The highest BCUT2D eigenvalue weighted by atomic mass is 32.1. The van der Waals surface area contributed by atoms with E-state index in [4.69, 9.17) is 4.74 Å². The number of aryl methyl sites for hydroxylation is 1. The number of aliphatic hydroxyl groups excluding tert-OH is 2. The van der Waals surface area contributed by atoms with Crippen molar-refractivity contribution < 1.29 is 14.9 Å². The van der Waals surface area contributed by atoms with Gasteiger partial charge < -0.3 is 14.9 Å². The molecule has 0 amide bonds. The number of hydrogen-bond acceptors (Lipinski definition) is 6. The molecule has 0 spiro atoms. The second-order valence-corrected chi connectivity index (χ2v) is 8.95. The van der Waals surface area contributed by atoms with Crippen molar-refractivity contribution in [3.63, 3.8) is 0 Å². The van der Waals surface area contributed by atoms with Crippen molar-refractivity contribution in [3.8, 4) is 10.4 Å². The summed E-state index contributed by atoms with van der Waals surface area (Å²) in [7, 11) is 0. The van der Waals surface area contributed by atoms with Gasteiger partial charge in [0.2, 0.25) is 0 Å². The Bertz CT molecular complexity index is 1040. The summed E-state index contributed by atoms with van der Waals surface area (Å²) in [6.45, 7) is 1.95. The number of benzene rings is 1. The highest BCUT2D eigenvalue weighted by Gasteiger charge is 2.35. The van der Waals surface area contributed by atoms with Gasteiger partial charge in [-0.15, -0.1) is 11.3 Å². The Hall–Kier alpha value is -2.06. The van der Waals surface area contributed by atoms with Crippen molar-refractivity contribution in [2.45, 2.75) is 63.9 Å². The molecule has 7 heteroatoms. The molecule has 1 aliphatic rings. The van der Waals surface area contributed by atoms with Gasteiger partial charge in [-0.05, 0) is 30.0 Å². The van der Waals surface area contributed by atoms with Crippen LogP contribution in [-0.2, 0) is 11.2 Å². The molecule has 30 heavy (non-hydrogen) atoms. The molecule has 3 aromatic rings. The Balaban J connectivity index is 1.53. The lowest BCUT2D eigenvalue weighted by Crippen LogP contribution is -2.27. The van der Waals surface area contributed by atoms with Crippen LogP contribution in [0.3, 0.4) is 0 Å².